The summed E-state index contributed by atoms with van der Waals surface area (Å²) in [6.45, 7) is 2.27. The van der Waals surface area contributed by atoms with Crippen LogP contribution in [0.1, 0.15) is 70.3 Å². The van der Waals surface area contributed by atoms with Crippen LogP contribution in [0.4, 0.5) is 5.69 Å². The van der Waals surface area contributed by atoms with E-state index in [1.807, 2.05) is 0 Å². The molecule has 0 saturated heterocycles. The van der Waals surface area contributed by atoms with Gasteiger partial charge in [-0.05, 0) is 68.1 Å². The van der Waals surface area contributed by atoms with Gasteiger partial charge < -0.3 is 5.32 Å². The van der Waals surface area contributed by atoms with Crippen LogP contribution in [-0.2, 0) is 6.42 Å². The molecular formula is C20H31N. The van der Waals surface area contributed by atoms with Crippen molar-refractivity contribution >= 4 is 5.69 Å². The van der Waals surface area contributed by atoms with E-state index in [9.17, 15) is 0 Å². The van der Waals surface area contributed by atoms with Crippen molar-refractivity contribution in [2.24, 2.45) is 11.8 Å². The SMILES string of the molecule is CCCCCc1ccc(NC2CCCC(C3CC3)C2)cc1. The van der Waals surface area contributed by atoms with Crippen LogP contribution in [0, 0.1) is 11.8 Å². The minimum Gasteiger partial charge on any atom is -0.382 e. The fourth-order valence-corrected chi connectivity index (χ4v) is 3.94. The summed E-state index contributed by atoms with van der Waals surface area (Å²) in [5, 5.41) is 3.79. The first-order valence-electron chi connectivity index (χ1n) is 9.20. The Balaban J connectivity index is 1.47. The Kier molecular flexibility index (Phi) is 5.22. The number of benzene rings is 1. The fourth-order valence-electron chi connectivity index (χ4n) is 3.94. The number of nitrogens with one attached hydrogen (secondary N) is 1. The molecule has 21 heavy (non-hydrogen) atoms. The second-order valence-corrected chi connectivity index (χ2v) is 7.26. The van der Waals surface area contributed by atoms with Gasteiger partial charge in [-0.2, -0.15) is 0 Å². The van der Waals surface area contributed by atoms with E-state index < -0.39 is 0 Å². The maximum absolute atomic E-state index is 3.79. The molecule has 1 heteroatoms. The van der Waals surface area contributed by atoms with Crippen LogP contribution in [0.2, 0.25) is 0 Å². The first-order chi connectivity index (χ1) is 10.3. The second kappa shape index (κ2) is 7.33. The van der Waals surface area contributed by atoms with Gasteiger partial charge >= 0.3 is 0 Å². The molecule has 1 aromatic carbocycles. The third kappa shape index (κ3) is 4.49. The number of hydrogen-bond donors (Lipinski definition) is 1. The zero-order chi connectivity index (χ0) is 14.5. The van der Waals surface area contributed by atoms with Crippen molar-refractivity contribution in [2.75, 3.05) is 5.32 Å². The van der Waals surface area contributed by atoms with E-state index in [0.717, 1.165) is 17.9 Å². The molecule has 1 nitrogen and oxygen atoms in total. The predicted octanol–water partition coefficient (Wildman–Crippen LogP) is 5.80. The average molecular weight is 285 g/mol. The summed E-state index contributed by atoms with van der Waals surface area (Å²) < 4.78 is 0. The smallest absolute Gasteiger partial charge is 0.0342 e. The van der Waals surface area contributed by atoms with Crippen LogP contribution in [0.25, 0.3) is 0 Å². The summed E-state index contributed by atoms with van der Waals surface area (Å²) in [6.07, 6.45) is 13.9. The molecule has 0 radical (unpaired) electrons. The van der Waals surface area contributed by atoms with Crippen LogP contribution < -0.4 is 5.32 Å². The second-order valence-electron chi connectivity index (χ2n) is 7.26. The van der Waals surface area contributed by atoms with Crippen molar-refractivity contribution in [3.05, 3.63) is 29.8 Å². The normalized spacial score (nSPS) is 25.8. The van der Waals surface area contributed by atoms with Crippen LogP contribution in [0.3, 0.4) is 0 Å². The van der Waals surface area contributed by atoms with Crippen molar-refractivity contribution in [1.82, 2.24) is 0 Å². The number of rotatable bonds is 7. The molecule has 0 spiro atoms. The van der Waals surface area contributed by atoms with Crippen molar-refractivity contribution in [1.29, 1.82) is 0 Å². The lowest BCUT2D eigenvalue weighted by molar-refractivity contribution is 0.303. The average Bonchev–Trinajstić information content (AvgIpc) is 3.34. The van der Waals surface area contributed by atoms with E-state index in [1.165, 1.54) is 75.5 Å². The minimum absolute atomic E-state index is 0.718. The maximum Gasteiger partial charge on any atom is 0.0342 e. The van der Waals surface area contributed by atoms with Gasteiger partial charge in [0, 0.05) is 11.7 Å². The molecule has 2 aliphatic carbocycles. The lowest BCUT2D eigenvalue weighted by atomic mass is 9.82. The van der Waals surface area contributed by atoms with Gasteiger partial charge in [0.2, 0.25) is 0 Å². The Bertz CT molecular complexity index is 418. The summed E-state index contributed by atoms with van der Waals surface area (Å²) in [4.78, 5) is 0. The Morgan fingerprint density at radius 2 is 1.76 bits per heavy atom. The van der Waals surface area contributed by atoms with Gasteiger partial charge in [-0.1, -0.05) is 44.7 Å². The van der Waals surface area contributed by atoms with Gasteiger partial charge in [0.05, 0.1) is 0 Å². The standard InChI is InChI=1S/C20H31N/c1-2-3-4-6-16-9-13-19(14-10-16)21-20-8-5-7-18(15-20)17-11-12-17/h9-10,13-14,17-18,20-21H,2-8,11-12,15H2,1H3. The van der Waals surface area contributed by atoms with Crippen molar-refractivity contribution in [3.8, 4) is 0 Å². The van der Waals surface area contributed by atoms with Crippen molar-refractivity contribution in [3.63, 3.8) is 0 Å². The van der Waals surface area contributed by atoms with Gasteiger partial charge in [-0.15, -0.1) is 0 Å². The fraction of sp³-hybridized carbons (Fsp3) is 0.700. The third-order valence-corrected chi connectivity index (χ3v) is 5.40. The lowest BCUT2D eigenvalue weighted by Gasteiger charge is -2.30. The number of unbranched alkanes of at least 4 members (excludes halogenated alkanes) is 2. The molecular weight excluding hydrogens is 254 g/mol. The summed E-state index contributed by atoms with van der Waals surface area (Å²) in [7, 11) is 0. The van der Waals surface area contributed by atoms with Crippen LogP contribution in [0.5, 0.6) is 0 Å². The summed E-state index contributed by atoms with van der Waals surface area (Å²) in [5.41, 5.74) is 2.82. The van der Waals surface area contributed by atoms with Crippen LogP contribution in [-0.4, -0.2) is 6.04 Å². The molecule has 2 saturated carbocycles. The molecule has 0 amide bonds. The number of hydrogen-bond acceptors (Lipinski definition) is 1. The first-order valence-corrected chi connectivity index (χ1v) is 9.20. The van der Waals surface area contributed by atoms with Crippen molar-refractivity contribution < 1.29 is 0 Å². The monoisotopic (exact) mass is 285 g/mol. The molecule has 2 fully saturated rings. The molecule has 0 aliphatic heterocycles. The Labute approximate surface area is 130 Å². The summed E-state index contributed by atoms with van der Waals surface area (Å²) in [6, 6.07) is 9.94. The van der Waals surface area contributed by atoms with Gasteiger partial charge in [0.1, 0.15) is 0 Å². The predicted molar refractivity (Wildman–Crippen MR) is 91.8 cm³/mol. The molecule has 2 atom stereocenters. The van der Waals surface area contributed by atoms with E-state index in [2.05, 4.69) is 36.5 Å². The molecule has 1 aromatic rings. The van der Waals surface area contributed by atoms with Gasteiger partial charge in [-0.25, -0.2) is 0 Å². The summed E-state index contributed by atoms with van der Waals surface area (Å²) in [5.74, 6) is 2.10. The Morgan fingerprint density at radius 3 is 2.48 bits per heavy atom. The van der Waals surface area contributed by atoms with E-state index >= 15 is 0 Å². The van der Waals surface area contributed by atoms with E-state index in [0.29, 0.717) is 0 Å². The number of aryl methyl sites for hydroxylation is 1. The van der Waals surface area contributed by atoms with E-state index in [-0.39, 0.29) is 0 Å². The zero-order valence-corrected chi connectivity index (χ0v) is 13.6. The Morgan fingerprint density at radius 1 is 0.952 bits per heavy atom. The highest BCUT2D eigenvalue weighted by Crippen LogP contribution is 2.44. The highest BCUT2D eigenvalue weighted by atomic mass is 14.9. The lowest BCUT2D eigenvalue weighted by Crippen LogP contribution is -2.28. The molecule has 2 unspecified atom stereocenters. The summed E-state index contributed by atoms with van der Waals surface area (Å²) >= 11 is 0. The first kappa shape index (κ1) is 14.9. The molecule has 0 bridgehead atoms. The largest absolute Gasteiger partial charge is 0.382 e. The van der Waals surface area contributed by atoms with Gasteiger partial charge in [-0.3, -0.25) is 0 Å². The van der Waals surface area contributed by atoms with Crippen LogP contribution >= 0.6 is 0 Å². The van der Waals surface area contributed by atoms with E-state index in [1.54, 1.807) is 0 Å². The number of anilines is 1. The zero-order valence-electron chi connectivity index (χ0n) is 13.6. The van der Waals surface area contributed by atoms with Crippen LogP contribution in [0.15, 0.2) is 24.3 Å². The molecule has 0 heterocycles. The third-order valence-electron chi connectivity index (χ3n) is 5.40. The Hall–Kier alpha value is -0.980. The molecule has 2 aliphatic rings. The molecule has 1 N–H and O–H groups in total. The topological polar surface area (TPSA) is 12.0 Å². The van der Waals surface area contributed by atoms with Crippen molar-refractivity contribution in [2.45, 2.75) is 77.2 Å². The highest BCUT2D eigenvalue weighted by Gasteiger charge is 2.34. The van der Waals surface area contributed by atoms with Gasteiger partial charge in [0.15, 0.2) is 0 Å². The van der Waals surface area contributed by atoms with E-state index in [4.69, 9.17) is 0 Å². The minimum atomic E-state index is 0.718. The highest BCUT2D eigenvalue weighted by molar-refractivity contribution is 5.45. The quantitative estimate of drug-likeness (QED) is 0.624. The molecule has 0 aromatic heterocycles. The van der Waals surface area contributed by atoms with Gasteiger partial charge in [0.25, 0.3) is 0 Å². The molecule has 3 rings (SSSR count). The maximum atomic E-state index is 3.79. The molecule has 116 valence electrons.